The number of nitrogens with zero attached hydrogens (tertiary/aromatic N) is 3. The third kappa shape index (κ3) is 6.26. The van der Waals surface area contributed by atoms with Crippen LogP contribution in [0.25, 0.3) is 10.9 Å². The molecule has 3 unspecified atom stereocenters. The lowest BCUT2D eigenvalue weighted by Gasteiger charge is -2.33. The van der Waals surface area contributed by atoms with E-state index < -0.39 is 48.8 Å². The van der Waals surface area contributed by atoms with Crippen molar-refractivity contribution in [3.8, 4) is 0 Å². The van der Waals surface area contributed by atoms with Crippen molar-refractivity contribution < 1.29 is 34.2 Å². The summed E-state index contributed by atoms with van der Waals surface area (Å²) in [6.07, 6.45) is 4.21. The van der Waals surface area contributed by atoms with Gasteiger partial charge < -0.3 is 21.7 Å². The predicted octanol–water partition coefficient (Wildman–Crippen LogP) is 0.658. The number of para-hydroxylation sites is 1. The second kappa shape index (κ2) is 12.8. The number of aromatic nitrogens is 1. The van der Waals surface area contributed by atoms with Gasteiger partial charge in [0.2, 0.25) is 17.7 Å². The number of carbonyl (C=O) groups is 5. The number of carboxylic acids is 2. The Morgan fingerprint density at radius 3 is 2.29 bits per heavy atom. The highest BCUT2D eigenvalue weighted by Gasteiger charge is 2.38. The van der Waals surface area contributed by atoms with Gasteiger partial charge in [0.05, 0.1) is 30.6 Å². The van der Waals surface area contributed by atoms with E-state index in [9.17, 15) is 29.1 Å². The maximum atomic E-state index is 13.7. The van der Waals surface area contributed by atoms with Crippen LogP contribution in [0, 0.1) is 0 Å². The summed E-state index contributed by atoms with van der Waals surface area (Å²) in [6.45, 7) is 2.93. The molecular formula is C26H35N5O7. The molecule has 2 amide bonds. The Hall–Kier alpha value is -3.61. The minimum Gasteiger partial charge on any atom is -0.481 e. The molecule has 3 rings (SSSR count). The van der Waals surface area contributed by atoms with Crippen molar-refractivity contribution in [3.05, 3.63) is 36.0 Å². The number of nitrogens with two attached hydrogens (primary N) is 2. The van der Waals surface area contributed by atoms with Crippen LogP contribution in [-0.4, -0.2) is 92.0 Å². The zero-order valence-electron chi connectivity index (χ0n) is 21.4. The van der Waals surface area contributed by atoms with Crippen LogP contribution in [-0.2, 0) is 25.6 Å². The van der Waals surface area contributed by atoms with Gasteiger partial charge in [-0.15, -0.1) is 0 Å². The van der Waals surface area contributed by atoms with Crippen molar-refractivity contribution in [3.63, 3.8) is 0 Å². The van der Waals surface area contributed by atoms with Crippen molar-refractivity contribution in [2.24, 2.45) is 11.5 Å². The lowest BCUT2D eigenvalue weighted by Crippen LogP contribution is -2.56. The van der Waals surface area contributed by atoms with E-state index in [0.29, 0.717) is 27.8 Å². The second-order valence-corrected chi connectivity index (χ2v) is 9.47. The summed E-state index contributed by atoms with van der Waals surface area (Å²) >= 11 is 0. The number of hydrogen-bond donors (Lipinski definition) is 4. The molecule has 1 aromatic heterocycles. The first-order valence-corrected chi connectivity index (χ1v) is 12.7. The van der Waals surface area contributed by atoms with E-state index >= 15 is 0 Å². The number of imide groups is 1. The molecule has 0 bridgehead atoms. The van der Waals surface area contributed by atoms with Crippen LogP contribution in [0.4, 0.5) is 0 Å². The summed E-state index contributed by atoms with van der Waals surface area (Å²) < 4.78 is 1.51. The maximum Gasteiger partial charge on any atom is 0.327 e. The molecule has 0 saturated carbocycles. The van der Waals surface area contributed by atoms with E-state index in [1.165, 1.54) is 4.57 Å². The number of piperidine rings is 1. The molecule has 1 aliphatic heterocycles. The largest absolute Gasteiger partial charge is 0.481 e. The SMILES string of the molecule is CCC(C(=O)n1cc(CC(C(=O)O)N(C(=O)CN)C(=O)C(N)CC(=O)O)c2ccccc21)N1CCCCC1. The van der Waals surface area contributed by atoms with E-state index in [-0.39, 0.29) is 18.4 Å². The molecule has 0 aliphatic carbocycles. The summed E-state index contributed by atoms with van der Waals surface area (Å²) in [5.41, 5.74) is 12.2. The van der Waals surface area contributed by atoms with Gasteiger partial charge in [0.25, 0.3) is 0 Å². The molecule has 1 saturated heterocycles. The van der Waals surface area contributed by atoms with E-state index in [2.05, 4.69) is 4.90 Å². The average Bonchev–Trinajstić information content (AvgIpc) is 3.27. The molecule has 12 heteroatoms. The molecule has 1 fully saturated rings. The lowest BCUT2D eigenvalue weighted by atomic mass is 10.0. The Labute approximate surface area is 220 Å². The van der Waals surface area contributed by atoms with Crippen LogP contribution in [0.2, 0.25) is 0 Å². The van der Waals surface area contributed by atoms with Crippen molar-refractivity contribution in [2.45, 2.75) is 63.6 Å². The summed E-state index contributed by atoms with van der Waals surface area (Å²) in [7, 11) is 0. The molecule has 0 radical (unpaired) electrons. The van der Waals surface area contributed by atoms with Crippen molar-refractivity contribution in [1.29, 1.82) is 0 Å². The van der Waals surface area contributed by atoms with Gasteiger partial charge in [0, 0.05) is 18.0 Å². The first-order chi connectivity index (χ1) is 18.1. The minimum atomic E-state index is -1.71. The number of likely N-dealkylation sites (tertiary alicyclic amines) is 1. The molecule has 3 atom stereocenters. The second-order valence-electron chi connectivity index (χ2n) is 9.47. The van der Waals surface area contributed by atoms with Crippen LogP contribution in [0.1, 0.15) is 49.4 Å². The lowest BCUT2D eigenvalue weighted by molar-refractivity contribution is -0.158. The van der Waals surface area contributed by atoms with Crippen LogP contribution in [0.3, 0.4) is 0 Å². The smallest absolute Gasteiger partial charge is 0.327 e. The van der Waals surface area contributed by atoms with Crippen molar-refractivity contribution in [2.75, 3.05) is 19.6 Å². The summed E-state index contributed by atoms with van der Waals surface area (Å²) in [6, 6.07) is 3.31. The average molecular weight is 530 g/mol. The Bertz CT molecular complexity index is 1200. The molecule has 6 N–H and O–H groups in total. The van der Waals surface area contributed by atoms with Crippen LogP contribution in [0.15, 0.2) is 30.5 Å². The number of hydrogen-bond acceptors (Lipinski definition) is 8. The van der Waals surface area contributed by atoms with Gasteiger partial charge in [-0.2, -0.15) is 0 Å². The molecule has 206 valence electrons. The van der Waals surface area contributed by atoms with Crippen LogP contribution in [0.5, 0.6) is 0 Å². The molecular weight excluding hydrogens is 494 g/mol. The van der Waals surface area contributed by atoms with E-state index in [4.69, 9.17) is 16.6 Å². The number of fused-ring (bicyclic) bond motifs is 1. The van der Waals surface area contributed by atoms with Gasteiger partial charge in [0.15, 0.2) is 0 Å². The number of rotatable bonds is 11. The predicted molar refractivity (Wildman–Crippen MR) is 138 cm³/mol. The van der Waals surface area contributed by atoms with Gasteiger partial charge in [-0.3, -0.25) is 33.5 Å². The molecule has 2 aromatic rings. The maximum absolute atomic E-state index is 13.7. The topological polar surface area (TPSA) is 189 Å². The summed E-state index contributed by atoms with van der Waals surface area (Å²) in [5, 5.41) is 19.6. The molecule has 1 aliphatic rings. The number of carboxylic acid groups (broad SMARTS) is 2. The third-order valence-electron chi connectivity index (χ3n) is 6.94. The standard InChI is InChI=1S/C26H35N5O7/c1-2-19(29-10-6-3-7-11-29)25(36)30-15-16(17-8-4-5-9-20(17)30)12-21(26(37)38)31(22(32)14-27)24(35)18(28)13-23(33)34/h4-5,8-9,15,18-19,21H,2-3,6-7,10-14,27-28H2,1H3,(H,33,34)(H,37,38). The zero-order valence-corrected chi connectivity index (χ0v) is 21.4. The third-order valence-corrected chi connectivity index (χ3v) is 6.94. The molecule has 38 heavy (non-hydrogen) atoms. The Kier molecular flexibility index (Phi) is 9.72. The first-order valence-electron chi connectivity index (χ1n) is 12.7. The van der Waals surface area contributed by atoms with Gasteiger partial charge in [0.1, 0.15) is 6.04 Å². The molecule has 0 spiro atoms. The Morgan fingerprint density at radius 2 is 1.71 bits per heavy atom. The minimum absolute atomic E-state index is 0.141. The summed E-state index contributed by atoms with van der Waals surface area (Å²) in [5.74, 6) is -5.16. The molecule has 2 heterocycles. The van der Waals surface area contributed by atoms with Crippen molar-refractivity contribution in [1.82, 2.24) is 14.4 Å². The molecule has 12 nitrogen and oxygen atoms in total. The van der Waals surface area contributed by atoms with Crippen LogP contribution >= 0.6 is 0 Å². The normalized spacial score (nSPS) is 16.5. The van der Waals surface area contributed by atoms with Gasteiger partial charge in [-0.25, -0.2) is 4.79 Å². The quantitative estimate of drug-likeness (QED) is 0.322. The van der Waals surface area contributed by atoms with Gasteiger partial charge in [-0.1, -0.05) is 31.5 Å². The fourth-order valence-electron chi connectivity index (χ4n) is 5.07. The molecule has 1 aromatic carbocycles. The van der Waals surface area contributed by atoms with Gasteiger partial charge in [-0.05, 0) is 44.0 Å². The fourth-order valence-corrected chi connectivity index (χ4v) is 5.07. The Balaban J connectivity index is 2.01. The van der Waals surface area contributed by atoms with Gasteiger partial charge >= 0.3 is 11.9 Å². The number of amides is 2. The number of benzene rings is 1. The van der Waals surface area contributed by atoms with Crippen molar-refractivity contribution >= 4 is 40.6 Å². The van der Waals surface area contributed by atoms with E-state index in [1.807, 2.05) is 6.92 Å². The highest BCUT2D eigenvalue weighted by Crippen LogP contribution is 2.26. The highest BCUT2D eigenvalue weighted by atomic mass is 16.4. The zero-order chi connectivity index (χ0) is 28.0. The van der Waals surface area contributed by atoms with E-state index in [1.54, 1.807) is 30.5 Å². The fraction of sp³-hybridized carbons (Fsp3) is 0.500. The first kappa shape index (κ1) is 29.0. The number of aliphatic carboxylic acids is 2. The van der Waals surface area contributed by atoms with E-state index in [0.717, 1.165) is 32.4 Å². The Morgan fingerprint density at radius 1 is 1.05 bits per heavy atom. The summed E-state index contributed by atoms with van der Waals surface area (Å²) in [4.78, 5) is 65.2. The highest BCUT2D eigenvalue weighted by molar-refractivity contribution is 6.03. The number of carbonyl (C=O) groups excluding carboxylic acids is 3. The monoisotopic (exact) mass is 529 g/mol. The van der Waals surface area contributed by atoms with Crippen LogP contribution < -0.4 is 11.5 Å².